The van der Waals surface area contributed by atoms with Crippen LogP contribution in [-0.2, 0) is 9.53 Å². The third-order valence-corrected chi connectivity index (χ3v) is 3.51. The molecule has 2 saturated heterocycles. The van der Waals surface area contributed by atoms with E-state index in [1.165, 1.54) is 19.3 Å². The molecule has 2 amide bonds. The molecule has 2 heterocycles. The smallest absolute Gasteiger partial charge is 0.649 e. The Bertz CT molecular complexity index is 334. The van der Waals surface area contributed by atoms with Gasteiger partial charge >= 0.3 is 24.9 Å². The van der Waals surface area contributed by atoms with Crippen LogP contribution in [0.5, 0.6) is 0 Å². The number of urea groups is 1. The summed E-state index contributed by atoms with van der Waals surface area (Å²) in [5, 5.41) is 0. The van der Waals surface area contributed by atoms with Gasteiger partial charge in [0.25, 0.3) is 0 Å². The second-order valence-electron chi connectivity index (χ2n) is 6.21. The van der Waals surface area contributed by atoms with Gasteiger partial charge in [-0.1, -0.05) is 6.47 Å². The van der Waals surface area contributed by atoms with Gasteiger partial charge in [0.05, 0.1) is 5.60 Å². The molecule has 3 rings (SSSR count). The predicted molar refractivity (Wildman–Crippen MR) is 77.4 cm³/mol. The monoisotopic (exact) mass is 288 g/mol. The first-order valence-corrected chi connectivity index (χ1v) is 7.01. The van der Waals surface area contributed by atoms with Crippen molar-refractivity contribution in [2.75, 3.05) is 19.6 Å². The zero-order valence-corrected chi connectivity index (χ0v) is 13.7. The van der Waals surface area contributed by atoms with Crippen LogP contribution in [0.3, 0.4) is 0 Å². The van der Waals surface area contributed by atoms with Crippen molar-refractivity contribution in [3.8, 4) is 0 Å². The van der Waals surface area contributed by atoms with Crippen LogP contribution in [0.25, 0.3) is 0 Å². The summed E-state index contributed by atoms with van der Waals surface area (Å²) in [5.41, 5.74) is -0.373. The first-order valence-electron chi connectivity index (χ1n) is 7.01. The SMILES string of the molecule is CC(C)(C)O[C-]=O.[CH2-]CN(C[CH2-])C(=O)N1CC2CC1C2.[Li+]. The Labute approximate surface area is 140 Å². The Kier molecular flexibility index (Phi) is 8.43. The van der Waals surface area contributed by atoms with Gasteiger partial charge in [0.2, 0.25) is 0 Å². The third-order valence-electron chi connectivity index (χ3n) is 3.51. The van der Waals surface area contributed by atoms with E-state index < -0.39 is 0 Å². The number of hydrogen-bond donors (Lipinski definition) is 0. The topological polar surface area (TPSA) is 49.9 Å². The van der Waals surface area contributed by atoms with Crippen LogP contribution in [0, 0.1) is 19.8 Å². The van der Waals surface area contributed by atoms with E-state index in [1.54, 1.807) is 25.7 Å². The van der Waals surface area contributed by atoms with E-state index >= 15 is 0 Å². The predicted octanol–water partition coefficient (Wildman–Crippen LogP) is -0.957. The van der Waals surface area contributed by atoms with Gasteiger partial charge in [-0.3, -0.25) is 0 Å². The summed E-state index contributed by atoms with van der Waals surface area (Å²) in [7, 11) is 0. The van der Waals surface area contributed by atoms with E-state index in [0.29, 0.717) is 19.1 Å². The molecule has 0 N–H and O–H groups in total. The number of rotatable bonds is 3. The van der Waals surface area contributed by atoms with E-state index in [1.807, 2.05) is 4.90 Å². The summed E-state index contributed by atoms with van der Waals surface area (Å²) in [4.78, 5) is 25.0. The fraction of sp³-hybridized carbons (Fsp3) is 0.733. The molecule has 2 bridgehead atoms. The van der Waals surface area contributed by atoms with Crippen molar-refractivity contribution in [3.05, 3.63) is 13.8 Å². The average Bonchev–Trinajstić information content (AvgIpc) is 2.88. The molecule has 5 nitrogen and oxygen atoms in total. The van der Waals surface area contributed by atoms with Crippen molar-refractivity contribution >= 4 is 12.5 Å². The first-order chi connectivity index (χ1) is 9.32. The number of fused-ring (bicyclic) bond motifs is 1. The van der Waals surface area contributed by atoms with Gasteiger partial charge in [-0.2, -0.15) is 0 Å². The Balaban J connectivity index is 0.000000436. The van der Waals surface area contributed by atoms with Crippen LogP contribution >= 0.6 is 0 Å². The molecule has 0 aromatic heterocycles. The fourth-order valence-electron chi connectivity index (χ4n) is 2.38. The van der Waals surface area contributed by atoms with Crippen molar-refractivity contribution in [1.29, 1.82) is 0 Å². The standard InChI is InChI=1S/C10H16N2O.C5H9O2.Li/c1-3-11(4-2)10(13)12-7-8-5-9(12)6-8;1-5(2,3)7-4-6;/h8-9H,1-7H2;1-3H3;/q-2;-1;+1. The van der Waals surface area contributed by atoms with Gasteiger partial charge in [-0.25, -0.2) is 4.79 Å². The summed E-state index contributed by atoms with van der Waals surface area (Å²) < 4.78 is 4.42. The zero-order chi connectivity index (χ0) is 15.3. The fourth-order valence-corrected chi connectivity index (χ4v) is 2.38. The van der Waals surface area contributed by atoms with Crippen molar-refractivity contribution in [2.24, 2.45) is 5.92 Å². The molecule has 0 spiro atoms. The molecule has 1 saturated carbocycles. The number of ether oxygens (including phenoxy) is 1. The second-order valence-corrected chi connectivity index (χ2v) is 6.21. The molecule has 0 unspecified atom stereocenters. The number of hydrogen-bond acceptors (Lipinski definition) is 3. The van der Waals surface area contributed by atoms with Gasteiger partial charge in [0.1, 0.15) is 0 Å². The van der Waals surface area contributed by atoms with E-state index in [9.17, 15) is 9.59 Å². The maximum Gasteiger partial charge on any atom is 1.00 e. The summed E-state index contributed by atoms with van der Waals surface area (Å²) >= 11 is 0. The molecule has 0 atom stereocenters. The molecular formula is C15H25LiN2O3-2. The molecule has 2 aliphatic heterocycles. The minimum Gasteiger partial charge on any atom is -0.649 e. The summed E-state index contributed by atoms with van der Waals surface area (Å²) in [6.45, 7) is 16.2. The maximum absolute atomic E-state index is 11.8. The minimum absolute atomic E-state index is 0. The Morgan fingerprint density at radius 2 is 1.86 bits per heavy atom. The minimum atomic E-state index is -0.373. The number of carbonyl (C=O) groups excluding carboxylic acids is 2. The summed E-state index contributed by atoms with van der Waals surface area (Å²) in [6.07, 6.45) is 2.43. The summed E-state index contributed by atoms with van der Waals surface area (Å²) in [5.74, 6) is 0.783. The second kappa shape index (κ2) is 8.70. The van der Waals surface area contributed by atoms with Crippen molar-refractivity contribution < 1.29 is 33.2 Å². The molecule has 0 aromatic rings. The molecule has 3 fully saturated rings. The van der Waals surface area contributed by atoms with Crippen molar-refractivity contribution in [2.45, 2.75) is 45.3 Å². The molecule has 21 heavy (non-hydrogen) atoms. The molecule has 0 aromatic carbocycles. The Morgan fingerprint density at radius 3 is 2.10 bits per heavy atom. The Hall–Kier alpha value is -0.663. The number of nitrogens with zero attached hydrogens (tertiary/aromatic N) is 2. The molecule has 0 radical (unpaired) electrons. The maximum atomic E-state index is 11.8. The van der Waals surface area contributed by atoms with Gasteiger partial charge in [-0.05, 0) is 39.5 Å². The average molecular weight is 288 g/mol. The normalized spacial score (nSPS) is 22.2. The molecule has 116 valence electrons. The molecule has 1 aliphatic carbocycles. The van der Waals surface area contributed by atoms with Gasteiger partial charge in [-0.15, -0.1) is 13.1 Å². The zero-order valence-electron chi connectivity index (χ0n) is 13.7. The first kappa shape index (κ1) is 20.3. The number of amides is 2. The van der Waals surface area contributed by atoms with E-state index in [0.717, 1.165) is 12.5 Å². The van der Waals surface area contributed by atoms with Crippen LogP contribution in [0.2, 0.25) is 0 Å². The van der Waals surface area contributed by atoms with E-state index in [4.69, 9.17) is 0 Å². The van der Waals surface area contributed by atoms with E-state index in [-0.39, 0.29) is 30.5 Å². The largest absolute Gasteiger partial charge is 1.00 e. The molecular weight excluding hydrogens is 263 g/mol. The van der Waals surface area contributed by atoms with Crippen molar-refractivity contribution in [3.63, 3.8) is 0 Å². The third kappa shape index (κ3) is 5.92. The van der Waals surface area contributed by atoms with Crippen LogP contribution in [0.15, 0.2) is 0 Å². The Morgan fingerprint density at radius 1 is 1.33 bits per heavy atom. The quantitative estimate of drug-likeness (QED) is 0.497. The molecule has 6 heteroatoms. The van der Waals surface area contributed by atoms with Crippen LogP contribution < -0.4 is 18.9 Å². The number of carbonyl (C=O) groups is 1. The van der Waals surface area contributed by atoms with E-state index in [2.05, 4.69) is 18.6 Å². The van der Waals surface area contributed by atoms with Crippen molar-refractivity contribution in [1.82, 2.24) is 9.80 Å². The molecule has 3 aliphatic rings. The van der Waals surface area contributed by atoms with Crippen LogP contribution in [0.1, 0.15) is 33.6 Å². The van der Waals surface area contributed by atoms with Crippen LogP contribution in [0.4, 0.5) is 4.79 Å². The van der Waals surface area contributed by atoms with Gasteiger partial charge < -0.3 is 33.2 Å². The van der Waals surface area contributed by atoms with Crippen LogP contribution in [-0.4, -0.2) is 53.6 Å². The van der Waals surface area contributed by atoms with Gasteiger partial charge in [0, 0.05) is 12.6 Å². The van der Waals surface area contributed by atoms with Gasteiger partial charge in [0.15, 0.2) is 0 Å². The summed E-state index contributed by atoms with van der Waals surface area (Å²) in [6, 6.07) is 0.660.